The van der Waals surface area contributed by atoms with Gasteiger partial charge < -0.3 is 15.6 Å². The first kappa shape index (κ1) is 11.1. The fourth-order valence-electron chi connectivity index (χ4n) is 2.53. The van der Waals surface area contributed by atoms with E-state index in [4.69, 9.17) is 5.73 Å². The Hall–Kier alpha value is -2.04. The van der Waals surface area contributed by atoms with E-state index < -0.39 is 0 Å². The van der Waals surface area contributed by atoms with E-state index in [2.05, 4.69) is 10.3 Å². The molecule has 0 saturated carbocycles. The lowest BCUT2D eigenvalue weighted by atomic mass is 10.2. The molecule has 1 aliphatic heterocycles. The predicted molar refractivity (Wildman–Crippen MR) is 70.0 cm³/mol. The average Bonchev–Trinajstić information content (AvgIpc) is 2.87. The summed E-state index contributed by atoms with van der Waals surface area (Å²) in [6, 6.07) is 6.21. The number of hydrogen-bond donors (Lipinski definition) is 2. The van der Waals surface area contributed by atoms with Crippen molar-refractivity contribution in [3.63, 3.8) is 0 Å². The van der Waals surface area contributed by atoms with Gasteiger partial charge in [-0.05, 0) is 25.0 Å². The number of carbonyl (C=O) groups excluding carboxylic acids is 1. The standard InChI is InChI=1S/C13H16N4O/c1-8-3-2-4-10-12(8)16-13(14)17(10)7-9-5-6-11(18)15-9/h2-4,9H,5-7H2,1H3,(H2,14,16)(H,15,18). The topological polar surface area (TPSA) is 72.9 Å². The molecular formula is C13H16N4O. The Balaban J connectivity index is 1.98. The SMILES string of the molecule is Cc1cccc2c1nc(N)n2CC1CCC(=O)N1. The summed E-state index contributed by atoms with van der Waals surface area (Å²) in [5.41, 5.74) is 9.07. The normalized spacial score (nSPS) is 19.4. The van der Waals surface area contributed by atoms with Crippen molar-refractivity contribution < 1.29 is 4.79 Å². The molecule has 94 valence electrons. The second-order valence-corrected chi connectivity index (χ2v) is 4.83. The molecule has 1 aromatic heterocycles. The molecule has 0 bridgehead atoms. The van der Waals surface area contributed by atoms with Gasteiger partial charge in [0.15, 0.2) is 0 Å². The van der Waals surface area contributed by atoms with Crippen molar-refractivity contribution in [1.29, 1.82) is 0 Å². The number of hydrogen-bond acceptors (Lipinski definition) is 3. The number of imidazole rings is 1. The third-order valence-corrected chi connectivity index (χ3v) is 3.50. The quantitative estimate of drug-likeness (QED) is 0.833. The zero-order chi connectivity index (χ0) is 12.7. The summed E-state index contributed by atoms with van der Waals surface area (Å²) in [5.74, 6) is 0.639. The maximum absolute atomic E-state index is 11.2. The van der Waals surface area contributed by atoms with Crippen LogP contribution in [-0.2, 0) is 11.3 Å². The van der Waals surface area contributed by atoms with Crippen LogP contribution in [0.2, 0.25) is 0 Å². The van der Waals surface area contributed by atoms with Crippen molar-refractivity contribution in [3.05, 3.63) is 23.8 Å². The minimum absolute atomic E-state index is 0.124. The van der Waals surface area contributed by atoms with E-state index in [0.717, 1.165) is 23.0 Å². The minimum atomic E-state index is 0.124. The molecule has 3 N–H and O–H groups in total. The highest BCUT2D eigenvalue weighted by Gasteiger charge is 2.22. The van der Waals surface area contributed by atoms with E-state index in [0.29, 0.717) is 18.9 Å². The maximum Gasteiger partial charge on any atom is 0.220 e. The highest BCUT2D eigenvalue weighted by Crippen LogP contribution is 2.22. The van der Waals surface area contributed by atoms with Crippen LogP contribution >= 0.6 is 0 Å². The van der Waals surface area contributed by atoms with Crippen LogP contribution in [0.4, 0.5) is 5.95 Å². The summed E-state index contributed by atoms with van der Waals surface area (Å²) in [7, 11) is 0. The fraction of sp³-hybridized carbons (Fsp3) is 0.385. The molecule has 1 aromatic carbocycles. The summed E-state index contributed by atoms with van der Waals surface area (Å²) >= 11 is 0. The zero-order valence-electron chi connectivity index (χ0n) is 10.3. The van der Waals surface area contributed by atoms with Gasteiger partial charge in [-0.1, -0.05) is 12.1 Å². The van der Waals surface area contributed by atoms with Gasteiger partial charge in [0.1, 0.15) is 0 Å². The van der Waals surface area contributed by atoms with E-state index in [9.17, 15) is 4.79 Å². The molecule has 1 atom stereocenters. The number of benzene rings is 1. The van der Waals surface area contributed by atoms with Crippen molar-refractivity contribution in [2.24, 2.45) is 0 Å². The summed E-state index contributed by atoms with van der Waals surface area (Å²) in [6.45, 7) is 2.72. The highest BCUT2D eigenvalue weighted by atomic mass is 16.1. The van der Waals surface area contributed by atoms with Crippen LogP contribution < -0.4 is 11.1 Å². The molecule has 2 aromatic rings. The number of amides is 1. The molecule has 1 unspecified atom stereocenters. The van der Waals surface area contributed by atoms with Crippen molar-refractivity contribution in [1.82, 2.24) is 14.9 Å². The molecule has 1 amide bonds. The van der Waals surface area contributed by atoms with E-state index >= 15 is 0 Å². The molecule has 0 aliphatic carbocycles. The smallest absolute Gasteiger partial charge is 0.220 e. The Bertz CT molecular complexity index is 617. The summed E-state index contributed by atoms with van der Waals surface area (Å²) in [5, 5.41) is 2.96. The van der Waals surface area contributed by atoms with Crippen LogP contribution in [0.3, 0.4) is 0 Å². The van der Waals surface area contributed by atoms with E-state index in [1.54, 1.807) is 0 Å². The molecule has 1 aliphatic rings. The van der Waals surface area contributed by atoms with Gasteiger partial charge in [0.2, 0.25) is 11.9 Å². The number of nitrogens with zero attached hydrogens (tertiary/aromatic N) is 2. The van der Waals surface area contributed by atoms with Crippen LogP contribution in [0.15, 0.2) is 18.2 Å². The van der Waals surface area contributed by atoms with Gasteiger partial charge >= 0.3 is 0 Å². The van der Waals surface area contributed by atoms with Gasteiger partial charge in [0, 0.05) is 19.0 Å². The minimum Gasteiger partial charge on any atom is -0.369 e. The molecule has 5 nitrogen and oxygen atoms in total. The fourth-order valence-corrected chi connectivity index (χ4v) is 2.53. The Morgan fingerprint density at radius 1 is 1.56 bits per heavy atom. The van der Waals surface area contributed by atoms with Crippen molar-refractivity contribution >= 4 is 22.9 Å². The summed E-state index contributed by atoms with van der Waals surface area (Å²) in [4.78, 5) is 15.6. The predicted octanol–water partition coefficient (Wildman–Crippen LogP) is 1.21. The molecule has 0 spiro atoms. The number of nitrogens with one attached hydrogen (secondary N) is 1. The summed E-state index contributed by atoms with van der Waals surface area (Å²) < 4.78 is 1.98. The number of nitrogens with two attached hydrogens (primary N) is 1. The number of nitrogen functional groups attached to an aromatic ring is 1. The first-order valence-electron chi connectivity index (χ1n) is 6.16. The lowest BCUT2D eigenvalue weighted by molar-refractivity contribution is -0.119. The Labute approximate surface area is 105 Å². The van der Waals surface area contributed by atoms with Crippen LogP contribution in [0, 0.1) is 6.92 Å². The van der Waals surface area contributed by atoms with Crippen molar-refractivity contribution in [2.45, 2.75) is 32.4 Å². The van der Waals surface area contributed by atoms with E-state index in [1.165, 1.54) is 0 Å². The zero-order valence-corrected chi connectivity index (χ0v) is 10.3. The van der Waals surface area contributed by atoms with E-state index in [-0.39, 0.29) is 11.9 Å². The maximum atomic E-state index is 11.2. The van der Waals surface area contributed by atoms with Crippen molar-refractivity contribution in [2.75, 3.05) is 5.73 Å². The van der Waals surface area contributed by atoms with Gasteiger partial charge in [-0.2, -0.15) is 0 Å². The van der Waals surface area contributed by atoms with Gasteiger partial charge in [-0.25, -0.2) is 4.98 Å². The number of fused-ring (bicyclic) bond motifs is 1. The number of carbonyl (C=O) groups is 1. The first-order valence-corrected chi connectivity index (χ1v) is 6.16. The third kappa shape index (κ3) is 1.72. The Kier molecular flexibility index (Phi) is 2.47. The monoisotopic (exact) mass is 244 g/mol. The van der Waals surface area contributed by atoms with Gasteiger partial charge in [-0.3, -0.25) is 4.79 Å². The molecular weight excluding hydrogens is 228 g/mol. The first-order chi connectivity index (χ1) is 8.65. The van der Waals surface area contributed by atoms with Gasteiger partial charge in [-0.15, -0.1) is 0 Å². The van der Waals surface area contributed by atoms with Gasteiger partial charge in [0.25, 0.3) is 0 Å². The molecule has 1 saturated heterocycles. The number of anilines is 1. The largest absolute Gasteiger partial charge is 0.369 e. The lowest BCUT2D eigenvalue weighted by Gasteiger charge is -2.12. The van der Waals surface area contributed by atoms with Crippen molar-refractivity contribution in [3.8, 4) is 0 Å². The number of aryl methyl sites for hydroxylation is 1. The van der Waals surface area contributed by atoms with Crippen LogP contribution in [0.1, 0.15) is 18.4 Å². The van der Waals surface area contributed by atoms with E-state index in [1.807, 2.05) is 29.7 Å². The number of aromatic nitrogens is 2. The molecule has 0 radical (unpaired) electrons. The third-order valence-electron chi connectivity index (χ3n) is 3.50. The summed E-state index contributed by atoms with van der Waals surface area (Å²) in [6.07, 6.45) is 1.47. The molecule has 18 heavy (non-hydrogen) atoms. The highest BCUT2D eigenvalue weighted by molar-refractivity contribution is 5.82. The second-order valence-electron chi connectivity index (χ2n) is 4.83. The molecule has 2 heterocycles. The second kappa shape index (κ2) is 4.01. The molecule has 3 rings (SSSR count). The number of rotatable bonds is 2. The lowest BCUT2D eigenvalue weighted by Crippen LogP contribution is -2.29. The van der Waals surface area contributed by atoms with Crippen LogP contribution in [-0.4, -0.2) is 21.5 Å². The Morgan fingerprint density at radius 2 is 2.39 bits per heavy atom. The van der Waals surface area contributed by atoms with Gasteiger partial charge in [0.05, 0.1) is 11.0 Å². The van der Waals surface area contributed by atoms with Crippen LogP contribution in [0.25, 0.3) is 11.0 Å². The average molecular weight is 244 g/mol. The molecule has 5 heteroatoms. The number of para-hydroxylation sites is 1. The molecule has 1 fully saturated rings. The Morgan fingerprint density at radius 3 is 3.11 bits per heavy atom. The van der Waals surface area contributed by atoms with Crippen LogP contribution in [0.5, 0.6) is 0 Å².